The highest BCUT2D eigenvalue weighted by Gasteiger charge is 2.15. The minimum Gasteiger partial charge on any atom is -0.359 e. The third-order valence-electron chi connectivity index (χ3n) is 3.32. The summed E-state index contributed by atoms with van der Waals surface area (Å²) in [6, 6.07) is 13.2. The minimum atomic E-state index is -3.71. The molecule has 3 rings (SSSR count). The minimum absolute atomic E-state index is 0.121. The van der Waals surface area contributed by atoms with Gasteiger partial charge in [-0.3, -0.25) is 9.52 Å². The summed E-state index contributed by atoms with van der Waals surface area (Å²) < 4.78 is 27.6. The third kappa shape index (κ3) is 3.19. The Morgan fingerprint density at radius 1 is 1.04 bits per heavy atom. The van der Waals surface area contributed by atoms with Crippen LogP contribution < -0.4 is 10.0 Å². The number of carbonyl (C=O) groups excluding carboxylic acids is 1. The highest BCUT2D eigenvalue weighted by molar-refractivity contribution is 7.92. The molecule has 0 aliphatic rings. The Bertz CT molecular complexity index is 960. The van der Waals surface area contributed by atoms with Gasteiger partial charge in [-0.1, -0.05) is 12.1 Å². The number of aromatic nitrogens is 1. The van der Waals surface area contributed by atoms with Gasteiger partial charge in [-0.15, -0.1) is 0 Å². The molecule has 1 amide bonds. The van der Waals surface area contributed by atoms with Gasteiger partial charge in [0.15, 0.2) is 0 Å². The fourth-order valence-electron chi connectivity index (χ4n) is 2.29. The van der Waals surface area contributed by atoms with Gasteiger partial charge in [-0.2, -0.15) is 0 Å². The summed E-state index contributed by atoms with van der Waals surface area (Å²) >= 11 is 0. The van der Waals surface area contributed by atoms with Gasteiger partial charge in [0.1, 0.15) is 0 Å². The molecule has 0 saturated heterocycles. The Morgan fingerprint density at radius 2 is 1.78 bits per heavy atom. The van der Waals surface area contributed by atoms with Crippen LogP contribution in [0.15, 0.2) is 59.6 Å². The zero-order valence-electron chi connectivity index (χ0n) is 12.3. The molecule has 118 valence electrons. The summed E-state index contributed by atoms with van der Waals surface area (Å²) in [7, 11) is -3.71. The van der Waals surface area contributed by atoms with Crippen LogP contribution in [0, 0.1) is 0 Å². The monoisotopic (exact) mass is 329 g/mol. The van der Waals surface area contributed by atoms with Crippen LogP contribution in [0.2, 0.25) is 0 Å². The number of aromatic amines is 1. The number of para-hydroxylation sites is 1. The Hall–Kier alpha value is -2.80. The van der Waals surface area contributed by atoms with E-state index in [-0.39, 0.29) is 10.8 Å². The first kappa shape index (κ1) is 15.1. The van der Waals surface area contributed by atoms with Gasteiger partial charge in [-0.25, -0.2) is 8.42 Å². The lowest BCUT2D eigenvalue weighted by Gasteiger charge is -2.10. The molecule has 0 aliphatic carbocycles. The topological polar surface area (TPSA) is 91.1 Å². The fourth-order valence-corrected chi connectivity index (χ4v) is 3.37. The molecule has 0 saturated carbocycles. The van der Waals surface area contributed by atoms with Crippen LogP contribution in [-0.2, 0) is 14.8 Å². The van der Waals surface area contributed by atoms with Crippen LogP contribution in [0.1, 0.15) is 6.92 Å². The number of nitrogens with one attached hydrogen (secondary N) is 3. The summed E-state index contributed by atoms with van der Waals surface area (Å²) in [6.45, 7) is 1.39. The average molecular weight is 329 g/mol. The summed E-state index contributed by atoms with van der Waals surface area (Å²) in [5, 5.41) is 3.52. The maximum Gasteiger partial charge on any atom is 0.261 e. The average Bonchev–Trinajstić information content (AvgIpc) is 2.96. The predicted octanol–water partition coefficient (Wildman–Crippen LogP) is 2.93. The van der Waals surface area contributed by atoms with Crippen LogP contribution in [-0.4, -0.2) is 19.3 Å². The number of amides is 1. The van der Waals surface area contributed by atoms with Crippen molar-refractivity contribution in [3.63, 3.8) is 0 Å². The molecule has 2 aromatic carbocycles. The molecule has 23 heavy (non-hydrogen) atoms. The molecule has 1 heterocycles. The van der Waals surface area contributed by atoms with Gasteiger partial charge >= 0.3 is 0 Å². The molecule has 0 fully saturated rings. The number of H-pyrrole nitrogens is 1. The van der Waals surface area contributed by atoms with E-state index in [1.807, 2.05) is 12.1 Å². The van der Waals surface area contributed by atoms with Crippen LogP contribution in [0.5, 0.6) is 0 Å². The Kier molecular flexibility index (Phi) is 3.79. The van der Waals surface area contributed by atoms with E-state index in [0.717, 1.165) is 10.9 Å². The van der Waals surface area contributed by atoms with Crippen molar-refractivity contribution in [3.05, 3.63) is 54.7 Å². The molecule has 3 N–H and O–H groups in total. The second kappa shape index (κ2) is 5.77. The van der Waals surface area contributed by atoms with E-state index in [2.05, 4.69) is 15.0 Å². The largest absolute Gasteiger partial charge is 0.359 e. The van der Waals surface area contributed by atoms with Crippen LogP contribution in [0.25, 0.3) is 10.9 Å². The zero-order chi connectivity index (χ0) is 16.4. The quantitative estimate of drug-likeness (QED) is 0.687. The Morgan fingerprint density at radius 3 is 2.48 bits per heavy atom. The molecular formula is C16H15N3O3S. The van der Waals surface area contributed by atoms with Gasteiger partial charge in [0, 0.05) is 24.2 Å². The van der Waals surface area contributed by atoms with Crippen molar-refractivity contribution in [1.82, 2.24) is 4.98 Å². The molecule has 1 aromatic heterocycles. The normalized spacial score (nSPS) is 11.3. The molecule has 0 spiro atoms. The second-order valence-corrected chi connectivity index (χ2v) is 6.74. The number of fused-ring (bicyclic) bond motifs is 1. The standard InChI is InChI=1S/C16H15N3O3S/c1-11(20)18-13-5-7-14(8-6-13)23(21,22)19-15-4-2-3-12-9-10-17-16(12)15/h2-10,17,19H,1H3,(H,18,20). The van der Waals surface area contributed by atoms with Crippen molar-refractivity contribution in [1.29, 1.82) is 0 Å². The first-order valence-electron chi connectivity index (χ1n) is 6.92. The summed E-state index contributed by atoms with van der Waals surface area (Å²) in [5.74, 6) is -0.211. The van der Waals surface area contributed by atoms with Crippen molar-refractivity contribution >= 4 is 38.2 Å². The van der Waals surface area contributed by atoms with E-state index in [1.165, 1.54) is 19.1 Å². The second-order valence-electron chi connectivity index (χ2n) is 5.06. The zero-order valence-corrected chi connectivity index (χ0v) is 13.1. The SMILES string of the molecule is CC(=O)Nc1ccc(S(=O)(=O)Nc2cccc3cc[nH]c23)cc1. The Balaban J connectivity index is 1.89. The van der Waals surface area contributed by atoms with E-state index < -0.39 is 10.0 Å². The smallest absolute Gasteiger partial charge is 0.261 e. The highest BCUT2D eigenvalue weighted by atomic mass is 32.2. The molecule has 0 radical (unpaired) electrons. The number of sulfonamides is 1. The molecular weight excluding hydrogens is 314 g/mol. The first-order chi connectivity index (χ1) is 11.0. The van der Waals surface area contributed by atoms with E-state index in [0.29, 0.717) is 11.4 Å². The number of hydrogen-bond donors (Lipinski definition) is 3. The van der Waals surface area contributed by atoms with Crippen molar-refractivity contribution in [2.45, 2.75) is 11.8 Å². The van der Waals surface area contributed by atoms with E-state index >= 15 is 0 Å². The number of benzene rings is 2. The van der Waals surface area contributed by atoms with Crippen molar-refractivity contribution in [2.24, 2.45) is 0 Å². The summed E-state index contributed by atoms with van der Waals surface area (Å²) in [5.41, 5.74) is 1.76. The molecule has 0 bridgehead atoms. The molecule has 3 aromatic rings. The fraction of sp³-hybridized carbons (Fsp3) is 0.0625. The first-order valence-corrected chi connectivity index (χ1v) is 8.40. The van der Waals surface area contributed by atoms with Crippen molar-refractivity contribution in [3.8, 4) is 0 Å². The number of anilines is 2. The Labute approximate surface area is 133 Å². The number of carbonyl (C=O) groups is 1. The van der Waals surface area contributed by atoms with E-state index in [4.69, 9.17) is 0 Å². The molecule has 0 atom stereocenters. The third-order valence-corrected chi connectivity index (χ3v) is 4.70. The maximum atomic E-state index is 12.5. The van der Waals surface area contributed by atoms with Gasteiger partial charge in [0.2, 0.25) is 5.91 Å². The van der Waals surface area contributed by atoms with E-state index in [1.54, 1.807) is 30.5 Å². The molecule has 7 heteroatoms. The van der Waals surface area contributed by atoms with Gasteiger partial charge in [-0.05, 0) is 36.4 Å². The van der Waals surface area contributed by atoms with Gasteiger partial charge in [0.05, 0.1) is 16.1 Å². The summed E-state index contributed by atoms with van der Waals surface area (Å²) in [4.78, 5) is 14.1. The van der Waals surface area contributed by atoms with Crippen LogP contribution in [0.4, 0.5) is 11.4 Å². The lowest BCUT2D eigenvalue weighted by molar-refractivity contribution is -0.114. The van der Waals surface area contributed by atoms with Gasteiger partial charge in [0.25, 0.3) is 10.0 Å². The number of hydrogen-bond acceptors (Lipinski definition) is 3. The highest BCUT2D eigenvalue weighted by Crippen LogP contribution is 2.24. The van der Waals surface area contributed by atoms with Crippen molar-refractivity contribution < 1.29 is 13.2 Å². The predicted molar refractivity (Wildman–Crippen MR) is 89.9 cm³/mol. The van der Waals surface area contributed by atoms with E-state index in [9.17, 15) is 13.2 Å². The molecule has 6 nitrogen and oxygen atoms in total. The lowest BCUT2D eigenvalue weighted by atomic mass is 10.2. The number of rotatable bonds is 4. The van der Waals surface area contributed by atoms with Gasteiger partial charge < -0.3 is 10.3 Å². The lowest BCUT2D eigenvalue weighted by Crippen LogP contribution is -2.13. The molecule has 0 unspecified atom stereocenters. The maximum absolute atomic E-state index is 12.5. The summed E-state index contributed by atoms with van der Waals surface area (Å²) in [6.07, 6.45) is 1.75. The molecule has 0 aliphatic heterocycles. The van der Waals surface area contributed by atoms with Crippen LogP contribution in [0.3, 0.4) is 0 Å². The van der Waals surface area contributed by atoms with Crippen molar-refractivity contribution in [2.75, 3.05) is 10.0 Å². The van der Waals surface area contributed by atoms with Crippen LogP contribution >= 0.6 is 0 Å².